The molecular formula is C20H30N4O. The Balaban J connectivity index is 1.55. The molecule has 2 heterocycles. The lowest BCUT2D eigenvalue weighted by molar-refractivity contribution is 0.0918. The fourth-order valence-corrected chi connectivity index (χ4v) is 3.76. The van der Waals surface area contributed by atoms with E-state index in [0.29, 0.717) is 0 Å². The van der Waals surface area contributed by atoms with Gasteiger partial charge in [-0.15, -0.1) is 0 Å². The van der Waals surface area contributed by atoms with E-state index in [0.717, 1.165) is 61.1 Å². The van der Waals surface area contributed by atoms with Crippen LogP contribution in [-0.4, -0.2) is 64.2 Å². The number of piperidine rings is 1. The molecule has 0 aliphatic carbocycles. The summed E-state index contributed by atoms with van der Waals surface area (Å²) in [5.74, 6) is 0.726. The third-order valence-corrected chi connectivity index (χ3v) is 5.06. The van der Waals surface area contributed by atoms with E-state index in [-0.39, 0.29) is 6.10 Å². The molecule has 1 aromatic carbocycles. The van der Waals surface area contributed by atoms with E-state index < -0.39 is 0 Å². The molecule has 0 bridgehead atoms. The number of aliphatic hydroxyl groups excluding tert-OH is 1. The summed E-state index contributed by atoms with van der Waals surface area (Å²) >= 11 is 0. The van der Waals surface area contributed by atoms with E-state index in [1.807, 2.05) is 31.2 Å². The molecule has 0 radical (unpaired) electrons. The minimum Gasteiger partial charge on any atom is -0.392 e. The number of para-hydroxylation sites is 2. The highest BCUT2D eigenvalue weighted by Crippen LogP contribution is 2.20. The second kappa shape index (κ2) is 8.21. The van der Waals surface area contributed by atoms with E-state index in [4.69, 9.17) is 9.97 Å². The minimum atomic E-state index is -0.228. The van der Waals surface area contributed by atoms with Gasteiger partial charge >= 0.3 is 0 Å². The van der Waals surface area contributed by atoms with Crippen LogP contribution >= 0.6 is 0 Å². The van der Waals surface area contributed by atoms with Crippen molar-refractivity contribution in [1.82, 2.24) is 19.8 Å². The molecule has 3 rings (SSSR count). The van der Waals surface area contributed by atoms with Crippen molar-refractivity contribution in [2.75, 3.05) is 33.2 Å². The zero-order valence-corrected chi connectivity index (χ0v) is 15.6. The number of fused-ring (bicyclic) bond motifs is 1. The lowest BCUT2D eigenvalue weighted by Gasteiger charge is -2.34. The Morgan fingerprint density at radius 1 is 1.20 bits per heavy atom. The predicted octanol–water partition coefficient (Wildman–Crippen LogP) is 2.46. The molecule has 5 heteroatoms. The molecule has 1 fully saturated rings. The van der Waals surface area contributed by atoms with Crippen molar-refractivity contribution in [3.05, 3.63) is 35.7 Å². The number of nitrogens with zero attached hydrogens (tertiary/aromatic N) is 4. The minimum absolute atomic E-state index is 0.228. The molecule has 1 aliphatic rings. The highest BCUT2D eigenvalue weighted by Gasteiger charge is 2.21. The van der Waals surface area contributed by atoms with Crippen LogP contribution in [-0.2, 0) is 6.54 Å². The quantitative estimate of drug-likeness (QED) is 0.874. The maximum atomic E-state index is 9.52. The van der Waals surface area contributed by atoms with Crippen LogP contribution in [0.5, 0.6) is 0 Å². The van der Waals surface area contributed by atoms with Gasteiger partial charge in [0.15, 0.2) is 0 Å². The molecule has 1 atom stereocenters. The average Bonchev–Trinajstić information content (AvgIpc) is 2.57. The molecule has 2 aromatic rings. The molecule has 136 valence electrons. The van der Waals surface area contributed by atoms with E-state index in [9.17, 15) is 5.11 Å². The first kappa shape index (κ1) is 18.2. The van der Waals surface area contributed by atoms with Crippen molar-refractivity contribution in [3.63, 3.8) is 0 Å². The summed E-state index contributed by atoms with van der Waals surface area (Å²) < 4.78 is 0. The molecule has 1 unspecified atom stereocenters. The number of aryl methyl sites for hydroxylation is 1. The molecule has 0 amide bonds. The number of hydrogen-bond acceptors (Lipinski definition) is 5. The predicted molar refractivity (Wildman–Crippen MR) is 101 cm³/mol. The fraction of sp³-hybridized carbons (Fsp3) is 0.600. The molecule has 1 aliphatic heterocycles. The Bertz CT molecular complexity index is 695. The summed E-state index contributed by atoms with van der Waals surface area (Å²) in [5.41, 5.74) is 4.05. The van der Waals surface area contributed by atoms with Gasteiger partial charge < -0.3 is 14.9 Å². The summed E-state index contributed by atoms with van der Waals surface area (Å²) in [6.07, 6.45) is 2.19. The SMILES string of the molecule is Cc1nc2ccccc2nc1CN(C)CC1CCN(CC(C)O)CC1. The monoisotopic (exact) mass is 342 g/mol. The first-order valence-electron chi connectivity index (χ1n) is 9.32. The lowest BCUT2D eigenvalue weighted by atomic mass is 9.96. The normalized spacial score (nSPS) is 18.1. The number of likely N-dealkylation sites (tertiary alicyclic amines) is 1. The van der Waals surface area contributed by atoms with Gasteiger partial charge in [0.2, 0.25) is 0 Å². The van der Waals surface area contributed by atoms with Crippen molar-refractivity contribution in [1.29, 1.82) is 0 Å². The van der Waals surface area contributed by atoms with E-state index in [1.165, 1.54) is 12.8 Å². The molecule has 1 N–H and O–H groups in total. The maximum Gasteiger partial charge on any atom is 0.0890 e. The average molecular weight is 342 g/mol. The highest BCUT2D eigenvalue weighted by molar-refractivity contribution is 5.74. The second-order valence-corrected chi connectivity index (χ2v) is 7.53. The third kappa shape index (κ3) is 4.97. The highest BCUT2D eigenvalue weighted by atomic mass is 16.3. The first-order valence-corrected chi connectivity index (χ1v) is 9.32. The molecule has 0 saturated carbocycles. The second-order valence-electron chi connectivity index (χ2n) is 7.53. The van der Waals surface area contributed by atoms with Gasteiger partial charge in [0, 0.05) is 19.6 Å². The Morgan fingerprint density at radius 2 is 1.84 bits per heavy atom. The largest absolute Gasteiger partial charge is 0.392 e. The number of aliphatic hydroxyl groups is 1. The summed E-state index contributed by atoms with van der Waals surface area (Å²) in [6, 6.07) is 8.07. The van der Waals surface area contributed by atoms with Crippen LogP contribution in [0.3, 0.4) is 0 Å². The maximum absolute atomic E-state index is 9.52. The molecule has 25 heavy (non-hydrogen) atoms. The van der Waals surface area contributed by atoms with Gasteiger partial charge in [-0.1, -0.05) is 12.1 Å². The van der Waals surface area contributed by atoms with Crippen molar-refractivity contribution in [3.8, 4) is 0 Å². The van der Waals surface area contributed by atoms with Gasteiger partial charge in [0.05, 0.1) is 28.5 Å². The van der Waals surface area contributed by atoms with Crippen LogP contribution in [0.15, 0.2) is 24.3 Å². The van der Waals surface area contributed by atoms with Gasteiger partial charge in [-0.2, -0.15) is 0 Å². The van der Waals surface area contributed by atoms with Crippen LogP contribution in [0.25, 0.3) is 11.0 Å². The standard InChI is InChI=1S/C20H30N4O/c1-15(25)12-24-10-8-17(9-11-24)13-23(3)14-20-16(2)21-18-6-4-5-7-19(18)22-20/h4-7,15,17,25H,8-14H2,1-3H3. The van der Waals surface area contributed by atoms with Crippen molar-refractivity contribution >= 4 is 11.0 Å². The third-order valence-electron chi connectivity index (χ3n) is 5.06. The lowest BCUT2D eigenvalue weighted by Crippen LogP contribution is -2.40. The topological polar surface area (TPSA) is 52.5 Å². The van der Waals surface area contributed by atoms with Crippen LogP contribution in [0.4, 0.5) is 0 Å². The van der Waals surface area contributed by atoms with Crippen LogP contribution in [0.2, 0.25) is 0 Å². The molecule has 1 aromatic heterocycles. The summed E-state index contributed by atoms with van der Waals surface area (Å²) in [7, 11) is 2.18. The van der Waals surface area contributed by atoms with E-state index >= 15 is 0 Å². The summed E-state index contributed by atoms with van der Waals surface area (Å²) in [5, 5.41) is 9.52. The summed E-state index contributed by atoms with van der Waals surface area (Å²) in [6.45, 7) is 8.85. The molecular weight excluding hydrogens is 312 g/mol. The molecule has 1 saturated heterocycles. The van der Waals surface area contributed by atoms with Crippen molar-refractivity contribution < 1.29 is 5.11 Å². The Morgan fingerprint density at radius 3 is 2.48 bits per heavy atom. The first-order chi connectivity index (χ1) is 12.0. The number of aromatic nitrogens is 2. The summed E-state index contributed by atoms with van der Waals surface area (Å²) in [4.78, 5) is 14.3. The smallest absolute Gasteiger partial charge is 0.0890 e. The van der Waals surface area contributed by atoms with E-state index in [2.05, 4.69) is 23.8 Å². The number of benzene rings is 1. The molecule has 0 spiro atoms. The van der Waals surface area contributed by atoms with Gasteiger partial charge in [-0.25, -0.2) is 9.97 Å². The van der Waals surface area contributed by atoms with Crippen LogP contribution in [0.1, 0.15) is 31.2 Å². The van der Waals surface area contributed by atoms with Gasteiger partial charge in [-0.05, 0) is 64.9 Å². The van der Waals surface area contributed by atoms with Crippen molar-refractivity contribution in [2.45, 2.75) is 39.3 Å². The van der Waals surface area contributed by atoms with Gasteiger partial charge in [0.1, 0.15) is 0 Å². The van der Waals surface area contributed by atoms with Gasteiger partial charge in [-0.3, -0.25) is 0 Å². The Kier molecular flexibility index (Phi) is 5.99. The number of β-amino-alcohol motifs (C(OH)–C–C–N with tert-alkyl or cyclic N) is 1. The molecule has 5 nitrogen and oxygen atoms in total. The van der Waals surface area contributed by atoms with E-state index in [1.54, 1.807) is 0 Å². The number of rotatable bonds is 6. The zero-order valence-electron chi connectivity index (χ0n) is 15.6. The van der Waals surface area contributed by atoms with Crippen LogP contribution < -0.4 is 0 Å². The zero-order chi connectivity index (χ0) is 17.8. The number of hydrogen-bond donors (Lipinski definition) is 1. The van der Waals surface area contributed by atoms with Crippen molar-refractivity contribution in [2.24, 2.45) is 5.92 Å². The fourth-order valence-electron chi connectivity index (χ4n) is 3.76. The Labute approximate surface area is 150 Å². The van der Waals surface area contributed by atoms with Crippen LogP contribution in [0, 0.1) is 12.8 Å². The van der Waals surface area contributed by atoms with Gasteiger partial charge in [0.25, 0.3) is 0 Å². The Hall–Kier alpha value is -1.56.